The second-order valence-electron chi connectivity index (χ2n) is 8.96. The molecule has 2 aromatic heterocycles. The van der Waals surface area contributed by atoms with E-state index in [0.29, 0.717) is 44.0 Å². The molecule has 0 atom stereocenters. The average molecular weight is 536 g/mol. The molecule has 0 bridgehead atoms. The summed E-state index contributed by atoms with van der Waals surface area (Å²) in [6.45, 7) is 2.08. The van der Waals surface area contributed by atoms with Gasteiger partial charge in [0.25, 0.3) is 5.91 Å². The minimum absolute atomic E-state index is 0.0487. The predicted octanol–water partition coefficient (Wildman–Crippen LogP) is 5.25. The molecule has 8 nitrogen and oxygen atoms in total. The van der Waals surface area contributed by atoms with Crippen molar-refractivity contribution in [3.8, 4) is 11.5 Å². The molecule has 0 radical (unpaired) electrons. The van der Waals surface area contributed by atoms with E-state index < -0.39 is 23.5 Å². The molecule has 3 heterocycles. The first-order valence-electron chi connectivity index (χ1n) is 12.3. The van der Waals surface area contributed by atoms with E-state index in [1.54, 1.807) is 24.3 Å². The predicted molar refractivity (Wildman–Crippen MR) is 138 cm³/mol. The van der Waals surface area contributed by atoms with Crippen molar-refractivity contribution in [2.24, 2.45) is 0 Å². The molecule has 39 heavy (non-hydrogen) atoms. The highest BCUT2D eigenvalue weighted by molar-refractivity contribution is 6.03. The molecular formula is C28H24F3N5O3. The summed E-state index contributed by atoms with van der Waals surface area (Å²) in [5.74, 6) is -1.70. The van der Waals surface area contributed by atoms with Gasteiger partial charge in [0, 0.05) is 38.2 Å². The number of carbonyl (C=O) groups is 2. The maximum atomic E-state index is 13.6. The molecule has 1 aliphatic rings. The summed E-state index contributed by atoms with van der Waals surface area (Å²) in [4.78, 5) is 37.0. The van der Waals surface area contributed by atoms with Crippen LogP contribution in [0.1, 0.15) is 28.2 Å². The van der Waals surface area contributed by atoms with Crippen LogP contribution in [-0.4, -0.2) is 46.3 Å². The van der Waals surface area contributed by atoms with Gasteiger partial charge in [-0.25, -0.2) is 9.97 Å². The smallest absolute Gasteiger partial charge is 0.430 e. The van der Waals surface area contributed by atoms with Crippen molar-refractivity contribution in [3.63, 3.8) is 0 Å². The number of pyridine rings is 1. The summed E-state index contributed by atoms with van der Waals surface area (Å²) in [7, 11) is 0. The molecule has 0 aliphatic carbocycles. The summed E-state index contributed by atoms with van der Waals surface area (Å²) in [5, 5.41) is 2.40. The van der Waals surface area contributed by atoms with Crippen LogP contribution >= 0.6 is 0 Å². The SMILES string of the molecule is O=C(Nc1ccc(N2CCC(=O)N(Cc3ccccc3)CC2)nc1)c1oc(-c2ccccc2)nc1C(F)(F)F. The van der Waals surface area contributed by atoms with Gasteiger partial charge in [-0.3, -0.25) is 9.59 Å². The highest BCUT2D eigenvalue weighted by atomic mass is 19.4. The lowest BCUT2D eigenvalue weighted by molar-refractivity contribution is -0.141. The maximum absolute atomic E-state index is 13.6. The Labute approximate surface area is 222 Å². The molecule has 1 aliphatic heterocycles. The molecule has 1 saturated heterocycles. The number of hydrogen-bond donors (Lipinski definition) is 1. The van der Waals surface area contributed by atoms with Gasteiger partial charge in [-0.05, 0) is 29.8 Å². The summed E-state index contributed by atoms with van der Waals surface area (Å²) in [5.41, 5.74) is 0.143. The van der Waals surface area contributed by atoms with E-state index in [9.17, 15) is 22.8 Å². The number of nitrogens with one attached hydrogen (secondary N) is 1. The third kappa shape index (κ3) is 6.08. The van der Waals surface area contributed by atoms with E-state index in [1.807, 2.05) is 40.1 Å². The van der Waals surface area contributed by atoms with Crippen molar-refractivity contribution in [3.05, 3.63) is 96.0 Å². The van der Waals surface area contributed by atoms with Crippen molar-refractivity contribution < 1.29 is 27.2 Å². The Kier molecular flexibility index (Phi) is 7.31. The molecule has 0 spiro atoms. The molecule has 0 unspecified atom stereocenters. The summed E-state index contributed by atoms with van der Waals surface area (Å²) < 4.78 is 46.0. The summed E-state index contributed by atoms with van der Waals surface area (Å²) >= 11 is 0. The minimum atomic E-state index is -4.89. The van der Waals surface area contributed by atoms with Crippen LogP contribution in [0.4, 0.5) is 24.7 Å². The van der Waals surface area contributed by atoms with E-state index in [2.05, 4.69) is 15.3 Å². The zero-order chi connectivity index (χ0) is 27.4. The van der Waals surface area contributed by atoms with Crippen LogP contribution < -0.4 is 10.2 Å². The average Bonchev–Trinajstić information content (AvgIpc) is 3.33. The Balaban J connectivity index is 1.27. The molecule has 5 rings (SSSR count). The Hall–Kier alpha value is -4.67. The van der Waals surface area contributed by atoms with Crippen molar-refractivity contribution in [2.75, 3.05) is 29.9 Å². The lowest BCUT2D eigenvalue weighted by Gasteiger charge is -2.23. The number of anilines is 2. The highest BCUT2D eigenvalue weighted by Crippen LogP contribution is 2.34. The van der Waals surface area contributed by atoms with Crippen LogP contribution in [0.5, 0.6) is 0 Å². The number of halogens is 3. The van der Waals surface area contributed by atoms with Gasteiger partial charge in [0.1, 0.15) is 5.82 Å². The van der Waals surface area contributed by atoms with Gasteiger partial charge in [-0.2, -0.15) is 13.2 Å². The number of rotatable bonds is 6. The molecule has 4 aromatic rings. The standard InChI is InChI=1S/C28H24F3N5O3/c29-28(30,31)25-24(39-27(34-25)20-9-5-2-6-10-20)26(38)33-21-11-12-22(32-17-21)35-14-13-23(37)36(16-15-35)18-19-7-3-1-4-8-19/h1-12,17H,13-16,18H2,(H,33,38). The third-order valence-electron chi connectivity index (χ3n) is 6.26. The number of aromatic nitrogens is 2. The number of nitrogens with zero attached hydrogens (tertiary/aromatic N) is 4. The zero-order valence-electron chi connectivity index (χ0n) is 20.7. The van der Waals surface area contributed by atoms with Gasteiger partial charge in [0.05, 0.1) is 11.9 Å². The van der Waals surface area contributed by atoms with E-state index >= 15 is 0 Å². The van der Waals surface area contributed by atoms with Gasteiger partial charge in [-0.15, -0.1) is 0 Å². The normalized spacial score (nSPS) is 14.3. The Morgan fingerprint density at radius 2 is 1.67 bits per heavy atom. The molecule has 1 N–H and O–H groups in total. The molecule has 200 valence electrons. The van der Waals surface area contributed by atoms with Gasteiger partial charge >= 0.3 is 6.18 Å². The fraction of sp³-hybridized carbons (Fsp3) is 0.214. The van der Waals surface area contributed by atoms with Crippen LogP contribution in [-0.2, 0) is 17.5 Å². The van der Waals surface area contributed by atoms with Crippen molar-refractivity contribution in [1.29, 1.82) is 0 Å². The molecule has 11 heteroatoms. The molecule has 2 amide bonds. The van der Waals surface area contributed by atoms with Crippen LogP contribution in [0.2, 0.25) is 0 Å². The number of carbonyl (C=O) groups excluding carboxylic acids is 2. The lowest BCUT2D eigenvalue weighted by atomic mass is 10.2. The molecule has 1 fully saturated rings. The van der Waals surface area contributed by atoms with E-state index in [4.69, 9.17) is 4.42 Å². The minimum Gasteiger partial charge on any atom is -0.430 e. The van der Waals surface area contributed by atoms with Crippen LogP contribution in [0.3, 0.4) is 0 Å². The van der Waals surface area contributed by atoms with Crippen molar-refractivity contribution in [1.82, 2.24) is 14.9 Å². The number of benzene rings is 2. The molecule has 0 saturated carbocycles. The Bertz CT molecular complexity index is 1440. The fourth-order valence-electron chi connectivity index (χ4n) is 4.27. The van der Waals surface area contributed by atoms with E-state index in [0.717, 1.165) is 5.56 Å². The number of hydrogen-bond acceptors (Lipinski definition) is 6. The maximum Gasteiger partial charge on any atom is 0.437 e. The second-order valence-corrected chi connectivity index (χ2v) is 8.96. The van der Waals surface area contributed by atoms with Crippen LogP contribution in [0, 0.1) is 0 Å². The van der Waals surface area contributed by atoms with Gasteiger partial charge in [-0.1, -0.05) is 48.5 Å². The first-order chi connectivity index (χ1) is 18.8. The quantitative estimate of drug-likeness (QED) is 0.363. The molecular weight excluding hydrogens is 511 g/mol. The first kappa shape index (κ1) is 26.0. The topological polar surface area (TPSA) is 91.6 Å². The highest BCUT2D eigenvalue weighted by Gasteiger charge is 2.41. The van der Waals surface area contributed by atoms with Crippen molar-refractivity contribution >= 4 is 23.3 Å². The van der Waals surface area contributed by atoms with Gasteiger partial charge in [0.15, 0.2) is 5.69 Å². The van der Waals surface area contributed by atoms with Crippen LogP contribution in [0.15, 0.2) is 83.4 Å². The van der Waals surface area contributed by atoms with Gasteiger partial charge in [0.2, 0.25) is 17.6 Å². The first-order valence-corrected chi connectivity index (χ1v) is 12.3. The van der Waals surface area contributed by atoms with Gasteiger partial charge < -0.3 is 19.5 Å². The zero-order valence-corrected chi connectivity index (χ0v) is 20.7. The summed E-state index contributed by atoms with van der Waals surface area (Å²) in [6, 6.07) is 21.0. The van der Waals surface area contributed by atoms with Crippen LogP contribution in [0.25, 0.3) is 11.5 Å². The number of oxazole rings is 1. The largest absolute Gasteiger partial charge is 0.437 e. The second kappa shape index (κ2) is 11.0. The monoisotopic (exact) mass is 535 g/mol. The number of alkyl halides is 3. The van der Waals surface area contributed by atoms with E-state index in [-0.39, 0.29) is 17.5 Å². The Morgan fingerprint density at radius 3 is 2.33 bits per heavy atom. The molecule has 2 aromatic carbocycles. The van der Waals surface area contributed by atoms with Crippen molar-refractivity contribution in [2.45, 2.75) is 19.1 Å². The lowest BCUT2D eigenvalue weighted by Crippen LogP contribution is -2.33. The Morgan fingerprint density at radius 1 is 0.949 bits per heavy atom. The third-order valence-corrected chi connectivity index (χ3v) is 6.26. The summed E-state index contributed by atoms with van der Waals surface area (Å²) in [6.07, 6.45) is -3.21. The number of amides is 2. The van der Waals surface area contributed by atoms with E-state index in [1.165, 1.54) is 24.4 Å². The fourth-order valence-corrected chi connectivity index (χ4v) is 4.27.